The number of hydrogen-bond donors (Lipinski definition) is 1. The van der Waals surface area contributed by atoms with E-state index in [0.29, 0.717) is 30.6 Å². The van der Waals surface area contributed by atoms with E-state index in [0.717, 1.165) is 5.56 Å². The molecule has 0 saturated heterocycles. The molecule has 1 amide bonds. The Hall–Kier alpha value is -2.10. The van der Waals surface area contributed by atoms with E-state index < -0.39 is 0 Å². The Bertz CT molecular complexity index is 563. The molecule has 1 unspecified atom stereocenters. The van der Waals surface area contributed by atoms with Crippen molar-refractivity contribution < 1.29 is 9.59 Å². The number of nitrogen functional groups attached to an aromatic ring is 1. The predicted molar refractivity (Wildman–Crippen MR) is 67.9 cm³/mol. The van der Waals surface area contributed by atoms with Gasteiger partial charge in [-0.15, -0.1) is 0 Å². The van der Waals surface area contributed by atoms with Crippen molar-refractivity contribution in [2.45, 2.75) is 25.4 Å². The van der Waals surface area contributed by atoms with Crippen LogP contribution in [0.1, 0.15) is 28.8 Å². The quantitative estimate of drug-likeness (QED) is 0.599. The summed E-state index contributed by atoms with van der Waals surface area (Å²) in [5, 5.41) is 0. The van der Waals surface area contributed by atoms with Gasteiger partial charge in [0.15, 0.2) is 5.78 Å². The molecule has 3 rings (SSSR count). The molecule has 0 aromatic heterocycles. The largest absolute Gasteiger partial charge is 0.399 e. The number of nitrogens with two attached hydrogens (primary N) is 1. The number of hydrogen-bond acceptors (Lipinski definition) is 3. The number of carbonyl (C=O) groups is 2. The minimum atomic E-state index is -0.309. The summed E-state index contributed by atoms with van der Waals surface area (Å²) in [6.07, 6.45) is 4.88. The number of anilines is 1. The van der Waals surface area contributed by atoms with E-state index in [-0.39, 0.29) is 17.7 Å². The Kier molecular flexibility index (Phi) is 2.44. The molecule has 4 heteroatoms. The number of ketones is 1. The van der Waals surface area contributed by atoms with Crippen molar-refractivity contribution in [1.29, 1.82) is 0 Å². The van der Waals surface area contributed by atoms with Crippen molar-refractivity contribution in [3.05, 3.63) is 41.5 Å². The second kappa shape index (κ2) is 3.98. The molecule has 0 fully saturated rings. The highest BCUT2D eigenvalue weighted by Crippen LogP contribution is 2.28. The second-order valence-corrected chi connectivity index (χ2v) is 4.74. The number of benzene rings is 1. The average molecular weight is 242 g/mol. The molecule has 0 radical (unpaired) electrons. The average Bonchev–Trinajstić information content (AvgIpc) is 2.68. The van der Waals surface area contributed by atoms with Crippen molar-refractivity contribution in [2.75, 3.05) is 5.73 Å². The van der Waals surface area contributed by atoms with Crippen LogP contribution in [0.25, 0.3) is 0 Å². The molecule has 1 heterocycles. The van der Waals surface area contributed by atoms with E-state index in [2.05, 4.69) is 0 Å². The fraction of sp³-hybridized carbons (Fsp3) is 0.286. The molecule has 2 N–H and O–H groups in total. The standard InChI is InChI=1S/C14H14N2O2/c15-10-6-5-9-8-16(14(18)11(9)7-10)12-3-1-2-4-13(12)17/h1-2,5-7,12H,3-4,8,15H2. The van der Waals surface area contributed by atoms with Gasteiger partial charge in [-0.3, -0.25) is 9.59 Å². The van der Waals surface area contributed by atoms with Crippen LogP contribution in [-0.4, -0.2) is 22.6 Å². The van der Waals surface area contributed by atoms with Gasteiger partial charge in [-0.25, -0.2) is 0 Å². The van der Waals surface area contributed by atoms with Gasteiger partial charge in [0.1, 0.15) is 0 Å². The zero-order valence-electron chi connectivity index (χ0n) is 9.93. The first kappa shape index (κ1) is 11.0. The van der Waals surface area contributed by atoms with E-state index in [9.17, 15) is 9.59 Å². The number of Topliss-reactive ketones (excluding diaryl/α,β-unsaturated/α-hetero) is 1. The molecule has 4 nitrogen and oxygen atoms in total. The molecule has 0 spiro atoms. The second-order valence-electron chi connectivity index (χ2n) is 4.74. The van der Waals surface area contributed by atoms with Crippen molar-refractivity contribution >= 4 is 17.4 Å². The fourth-order valence-corrected chi connectivity index (χ4v) is 2.59. The molecule has 92 valence electrons. The molecule has 1 atom stereocenters. The molecular formula is C14H14N2O2. The summed E-state index contributed by atoms with van der Waals surface area (Å²) in [7, 11) is 0. The van der Waals surface area contributed by atoms with Gasteiger partial charge in [0, 0.05) is 24.2 Å². The zero-order valence-corrected chi connectivity index (χ0v) is 9.93. The van der Waals surface area contributed by atoms with E-state index in [1.54, 1.807) is 17.0 Å². The van der Waals surface area contributed by atoms with Gasteiger partial charge in [-0.1, -0.05) is 18.2 Å². The lowest BCUT2D eigenvalue weighted by Gasteiger charge is -2.27. The Morgan fingerprint density at radius 3 is 2.83 bits per heavy atom. The maximum absolute atomic E-state index is 12.3. The van der Waals surface area contributed by atoms with Gasteiger partial charge in [0.2, 0.25) is 0 Å². The van der Waals surface area contributed by atoms with Crippen LogP contribution < -0.4 is 5.73 Å². The number of amides is 1. The molecule has 1 aromatic rings. The van der Waals surface area contributed by atoms with E-state index in [4.69, 9.17) is 5.73 Å². The van der Waals surface area contributed by atoms with Crippen LogP contribution in [0, 0.1) is 0 Å². The van der Waals surface area contributed by atoms with Gasteiger partial charge in [0.25, 0.3) is 5.91 Å². The van der Waals surface area contributed by atoms with Crippen LogP contribution in [-0.2, 0) is 11.3 Å². The Morgan fingerprint density at radius 1 is 1.22 bits per heavy atom. The highest BCUT2D eigenvalue weighted by Gasteiger charge is 2.35. The van der Waals surface area contributed by atoms with Crippen LogP contribution in [0.5, 0.6) is 0 Å². The number of nitrogens with zero attached hydrogens (tertiary/aromatic N) is 1. The Balaban J connectivity index is 1.92. The molecular weight excluding hydrogens is 228 g/mol. The van der Waals surface area contributed by atoms with Crippen molar-refractivity contribution in [2.24, 2.45) is 0 Å². The maximum atomic E-state index is 12.3. The summed E-state index contributed by atoms with van der Waals surface area (Å²) in [4.78, 5) is 25.8. The van der Waals surface area contributed by atoms with E-state index in [1.807, 2.05) is 18.2 Å². The number of carbonyl (C=O) groups excluding carboxylic acids is 2. The van der Waals surface area contributed by atoms with E-state index in [1.165, 1.54) is 0 Å². The lowest BCUT2D eigenvalue weighted by atomic mass is 9.99. The number of rotatable bonds is 1. The van der Waals surface area contributed by atoms with Crippen molar-refractivity contribution in [3.63, 3.8) is 0 Å². The summed E-state index contributed by atoms with van der Waals surface area (Å²) in [5.41, 5.74) is 7.87. The maximum Gasteiger partial charge on any atom is 0.255 e. The molecule has 1 aliphatic carbocycles. The third kappa shape index (κ3) is 1.61. The highest BCUT2D eigenvalue weighted by molar-refractivity contribution is 6.02. The summed E-state index contributed by atoms with van der Waals surface area (Å²) in [5.74, 6) is 0.0394. The summed E-state index contributed by atoms with van der Waals surface area (Å²) in [6.45, 7) is 0.513. The Labute approximate surface area is 105 Å². The van der Waals surface area contributed by atoms with Crippen LogP contribution in [0.4, 0.5) is 5.69 Å². The van der Waals surface area contributed by atoms with Crippen LogP contribution in [0.15, 0.2) is 30.4 Å². The summed E-state index contributed by atoms with van der Waals surface area (Å²) < 4.78 is 0. The van der Waals surface area contributed by atoms with Gasteiger partial charge in [0.05, 0.1) is 6.04 Å². The SMILES string of the molecule is Nc1ccc2c(c1)C(=O)N(C1CC=CCC1=O)C2. The Morgan fingerprint density at radius 2 is 2.06 bits per heavy atom. The van der Waals surface area contributed by atoms with Gasteiger partial charge in [-0.05, 0) is 24.1 Å². The van der Waals surface area contributed by atoms with Crippen LogP contribution >= 0.6 is 0 Å². The minimum Gasteiger partial charge on any atom is -0.399 e. The molecule has 0 saturated carbocycles. The predicted octanol–water partition coefficient (Wildman–Crippen LogP) is 1.51. The monoisotopic (exact) mass is 242 g/mol. The van der Waals surface area contributed by atoms with Crippen LogP contribution in [0.3, 0.4) is 0 Å². The van der Waals surface area contributed by atoms with Crippen molar-refractivity contribution in [3.8, 4) is 0 Å². The third-order valence-electron chi connectivity index (χ3n) is 3.56. The number of allylic oxidation sites excluding steroid dienone is 1. The molecule has 0 bridgehead atoms. The first-order valence-corrected chi connectivity index (χ1v) is 6.04. The van der Waals surface area contributed by atoms with Gasteiger partial charge < -0.3 is 10.6 Å². The molecule has 1 aromatic carbocycles. The lowest BCUT2D eigenvalue weighted by molar-refractivity contribution is -0.123. The summed E-state index contributed by atoms with van der Waals surface area (Å²) in [6, 6.07) is 5.04. The third-order valence-corrected chi connectivity index (χ3v) is 3.56. The van der Waals surface area contributed by atoms with Crippen molar-refractivity contribution in [1.82, 2.24) is 4.90 Å². The zero-order chi connectivity index (χ0) is 12.7. The van der Waals surface area contributed by atoms with Crippen LogP contribution in [0.2, 0.25) is 0 Å². The first-order chi connectivity index (χ1) is 8.66. The minimum absolute atomic E-state index is 0.0778. The van der Waals surface area contributed by atoms with E-state index >= 15 is 0 Å². The lowest BCUT2D eigenvalue weighted by Crippen LogP contribution is -2.41. The molecule has 2 aliphatic rings. The summed E-state index contributed by atoms with van der Waals surface area (Å²) >= 11 is 0. The number of fused-ring (bicyclic) bond motifs is 1. The first-order valence-electron chi connectivity index (χ1n) is 6.04. The highest BCUT2D eigenvalue weighted by atomic mass is 16.2. The topological polar surface area (TPSA) is 63.4 Å². The smallest absolute Gasteiger partial charge is 0.255 e. The normalized spacial score (nSPS) is 22.4. The van der Waals surface area contributed by atoms with Gasteiger partial charge >= 0.3 is 0 Å². The van der Waals surface area contributed by atoms with Gasteiger partial charge in [-0.2, -0.15) is 0 Å². The molecule has 1 aliphatic heterocycles. The molecule has 18 heavy (non-hydrogen) atoms. The fourth-order valence-electron chi connectivity index (χ4n) is 2.59.